The van der Waals surface area contributed by atoms with Gasteiger partial charge in [0.25, 0.3) is 5.91 Å². The molecule has 0 bridgehead atoms. The number of nitro groups is 1. The Morgan fingerprint density at radius 2 is 1.80 bits per heavy atom. The lowest BCUT2D eigenvalue weighted by atomic mass is 10.1. The molecule has 0 heterocycles. The molecule has 1 rings (SSSR count). The summed E-state index contributed by atoms with van der Waals surface area (Å²) in [5, 5.41) is 15.3. The summed E-state index contributed by atoms with van der Waals surface area (Å²) in [6.45, 7) is 3.90. The summed E-state index contributed by atoms with van der Waals surface area (Å²) >= 11 is 0. The van der Waals surface area contributed by atoms with Gasteiger partial charge in [-0.3, -0.25) is 20.2 Å². The van der Waals surface area contributed by atoms with Gasteiger partial charge in [-0.05, 0) is 26.8 Å². The van der Waals surface area contributed by atoms with Crippen molar-refractivity contribution in [2.75, 3.05) is 13.2 Å². The second-order valence-electron chi connectivity index (χ2n) is 5.93. The van der Waals surface area contributed by atoms with Gasteiger partial charge >= 0.3 is 17.7 Å². The maximum atomic E-state index is 11.5. The van der Waals surface area contributed by atoms with Gasteiger partial charge in [0.15, 0.2) is 19.0 Å². The smallest absolute Gasteiger partial charge is 0.344 e. The van der Waals surface area contributed by atoms with Crippen molar-refractivity contribution in [1.82, 2.24) is 10.6 Å². The quantitative estimate of drug-likeness (QED) is 0.444. The molecule has 0 unspecified atom stereocenters. The third kappa shape index (κ3) is 7.77. The number of carbonyl (C=O) groups excluding carboxylic acids is 3. The standard InChI is InChI=1S/C15H19N3O7/c1-15(2,3)17-14(21)16-12(19)8-25-13(20)9-24-11-7-5-4-6-10(11)18(22)23/h4-7H,8-9H2,1-3H3,(H2,16,17,19,21). The van der Waals surface area contributed by atoms with E-state index in [9.17, 15) is 24.5 Å². The Morgan fingerprint density at radius 1 is 1.16 bits per heavy atom. The zero-order chi connectivity index (χ0) is 19.0. The first-order valence-corrected chi connectivity index (χ1v) is 7.22. The van der Waals surface area contributed by atoms with Crippen molar-refractivity contribution in [3.63, 3.8) is 0 Å². The molecule has 0 radical (unpaired) electrons. The molecule has 10 nitrogen and oxygen atoms in total. The fourth-order valence-electron chi connectivity index (χ4n) is 1.59. The minimum atomic E-state index is -0.912. The Morgan fingerprint density at radius 3 is 2.40 bits per heavy atom. The fraction of sp³-hybridized carbons (Fsp3) is 0.400. The van der Waals surface area contributed by atoms with Crippen molar-refractivity contribution in [2.24, 2.45) is 0 Å². The van der Waals surface area contributed by atoms with Crippen molar-refractivity contribution < 1.29 is 28.8 Å². The molecule has 0 saturated heterocycles. The van der Waals surface area contributed by atoms with Gasteiger partial charge in [0.2, 0.25) is 0 Å². The highest BCUT2D eigenvalue weighted by atomic mass is 16.6. The van der Waals surface area contributed by atoms with Gasteiger partial charge in [0.05, 0.1) is 4.92 Å². The Balaban J connectivity index is 2.39. The molecule has 1 aromatic rings. The van der Waals surface area contributed by atoms with Crippen LogP contribution in [0, 0.1) is 10.1 Å². The van der Waals surface area contributed by atoms with E-state index in [1.807, 2.05) is 5.32 Å². The summed E-state index contributed by atoms with van der Waals surface area (Å²) in [5.41, 5.74) is -0.828. The lowest BCUT2D eigenvalue weighted by Gasteiger charge is -2.20. The number of carbonyl (C=O) groups is 3. The average Bonchev–Trinajstić information content (AvgIpc) is 2.49. The molecule has 3 amide bonds. The van der Waals surface area contributed by atoms with E-state index in [1.54, 1.807) is 20.8 Å². The van der Waals surface area contributed by atoms with Crippen molar-refractivity contribution in [1.29, 1.82) is 0 Å². The molecule has 1 aromatic carbocycles. The predicted octanol–water partition coefficient (Wildman–Crippen LogP) is 1.14. The highest BCUT2D eigenvalue weighted by Crippen LogP contribution is 2.25. The van der Waals surface area contributed by atoms with Crippen LogP contribution in [0.5, 0.6) is 5.75 Å². The Kier molecular flexibility index (Phi) is 6.85. The number of nitrogens with zero attached hydrogens (tertiary/aromatic N) is 1. The number of ether oxygens (including phenoxy) is 2. The van der Waals surface area contributed by atoms with Crippen LogP contribution >= 0.6 is 0 Å². The summed E-state index contributed by atoms with van der Waals surface area (Å²) in [6, 6.07) is 4.80. The van der Waals surface area contributed by atoms with Crippen LogP contribution in [0.1, 0.15) is 20.8 Å². The number of nitrogens with one attached hydrogen (secondary N) is 2. The van der Waals surface area contributed by atoms with Gasteiger partial charge in [-0.1, -0.05) is 12.1 Å². The molecule has 0 aliphatic heterocycles. The second kappa shape index (κ2) is 8.62. The highest BCUT2D eigenvalue weighted by molar-refractivity contribution is 5.95. The van der Waals surface area contributed by atoms with E-state index < -0.39 is 41.6 Å². The monoisotopic (exact) mass is 353 g/mol. The topological polar surface area (TPSA) is 137 Å². The Hall–Kier alpha value is -3.17. The van der Waals surface area contributed by atoms with Crippen LogP contribution in [0.25, 0.3) is 0 Å². The second-order valence-corrected chi connectivity index (χ2v) is 5.93. The minimum Gasteiger partial charge on any atom is -0.475 e. The first kappa shape index (κ1) is 19.9. The van der Waals surface area contributed by atoms with E-state index in [-0.39, 0.29) is 11.4 Å². The number of esters is 1. The number of hydrogen-bond acceptors (Lipinski definition) is 7. The molecule has 25 heavy (non-hydrogen) atoms. The van der Waals surface area contributed by atoms with E-state index in [1.165, 1.54) is 24.3 Å². The first-order valence-electron chi connectivity index (χ1n) is 7.22. The first-order chi connectivity index (χ1) is 11.6. The van der Waals surface area contributed by atoms with E-state index in [0.717, 1.165) is 0 Å². The van der Waals surface area contributed by atoms with Crippen LogP contribution < -0.4 is 15.4 Å². The zero-order valence-electron chi connectivity index (χ0n) is 14.0. The van der Waals surface area contributed by atoms with E-state index in [4.69, 9.17) is 4.74 Å². The van der Waals surface area contributed by atoms with Crippen molar-refractivity contribution in [3.05, 3.63) is 34.4 Å². The molecule has 10 heteroatoms. The molecule has 136 valence electrons. The number of rotatable bonds is 6. The number of hydrogen-bond donors (Lipinski definition) is 2. The summed E-state index contributed by atoms with van der Waals surface area (Å²) in [5.74, 6) is -1.83. The molecule has 0 fully saturated rings. The molecular formula is C15H19N3O7. The van der Waals surface area contributed by atoms with Gasteiger partial charge in [0.1, 0.15) is 0 Å². The van der Waals surface area contributed by atoms with E-state index >= 15 is 0 Å². The van der Waals surface area contributed by atoms with Gasteiger partial charge < -0.3 is 14.8 Å². The Bertz CT molecular complexity index is 667. The molecule has 0 aliphatic carbocycles. The molecule has 0 aromatic heterocycles. The maximum absolute atomic E-state index is 11.5. The molecule has 0 saturated carbocycles. The number of para-hydroxylation sites is 2. The van der Waals surface area contributed by atoms with Crippen LogP contribution in [0.2, 0.25) is 0 Å². The maximum Gasteiger partial charge on any atom is 0.344 e. The third-order valence-corrected chi connectivity index (χ3v) is 2.51. The van der Waals surface area contributed by atoms with Crippen LogP contribution in [0.3, 0.4) is 0 Å². The average molecular weight is 353 g/mol. The van der Waals surface area contributed by atoms with Crippen molar-refractivity contribution >= 4 is 23.6 Å². The summed E-state index contributed by atoms with van der Waals surface area (Å²) in [4.78, 5) is 44.6. The summed E-state index contributed by atoms with van der Waals surface area (Å²) in [7, 11) is 0. The van der Waals surface area contributed by atoms with Crippen molar-refractivity contribution in [3.8, 4) is 5.75 Å². The molecule has 0 atom stereocenters. The molecule has 0 spiro atoms. The highest BCUT2D eigenvalue weighted by Gasteiger charge is 2.18. The van der Waals surface area contributed by atoms with Crippen LogP contribution in [-0.4, -0.2) is 41.6 Å². The largest absolute Gasteiger partial charge is 0.475 e. The van der Waals surface area contributed by atoms with Crippen molar-refractivity contribution in [2.45, 2.75) is 26.3 Å². The third-order valence-electron chi connectivity index (χ3n) is 2.51. The van der Waals surface area contributed by atoms with Gasteiger partial charge in [-0.2, -0.15) is 0 Å². The lowest BCUT2D eigenvalue weighted by molar-refractivity contribution is -0.385. The van der Waals surface area contributed by atoms with Crippen LogP contribution in [0.4, 0.5) is 10.5 Å². The molecule has 2 N–H and O–H groups in total. The van der Waals surface area contributed by atoms with Gasteiger partial charge in [0, 0.05) is 11.6 Å². The van der Waals surface area contributed by atoms with Gasteiger partial charge in [-0.15, -0.1) is 0 Å². The zero-order valence-corrected chi connectivity index (χ0v) is 14.0. The van der Waals surface area contributed by atoms with Gasteiger partial charge in [-0.25, -0.2) is 9.59 Å². The number of imide groups is 1. The lowest BCUT2D eigenvalue weighted by Crippen LogP contribution is -2.49. The number of nitro benzene ring substituents is 1. The summed E-state index contributed by atoms with van der Waals surface area (Å²) < 4.78 is 9.64. The van der Waals surface area contributed by atoms with Crippen LogP contribution in [-0.2, 0) is 14.3 Å². The fourth-order valence-corrected chi connectivity index (χ4v) is 1.59. The molecular weight excluding hydrogens is 334 g/mol. The minimum absolute atomic E-state index is 0.0987. The van der Waals surface area contributed by atoms with E-state index in [2.05, 4.69) is 10.1 Å². The summed E-state index contributed by atoms with van der Waals surface area (Å²) in [6.07, 6.45) is 0. The van der Waals surface area contributed by atoms with Crippen LogP contribution in [0.15, 0.2) is 24.3 Å². The normalized spacial score (nSPS) is 10.5. The molecule has 0 aliphatic rings. The van der Waals surface area contributed by atoms with E-state index in [0.29, 0.717) is 0 Å². The Labute approximate surface area is 143 Å². The predicted molar refractivity (Wildman–Crippen MR) is 86.0 cm³/mol. The SMILES string of the molecule is CC(C)(C)NC(=O)NC(=O)COC(=O)COc1ccccc1[N+](=O)[O-]. The number of amides is 3. The number of urea groups is 1. The number of benzene rings is 1.